The standard InChI is InChI=1S/C13H16N2OS/c1-3-7-17-8-6-15-13(16)11-5-4-10(2)12(14)9-11/h1,4-5,9H,6-8,14H2,2H3,(H,15,16). The fourth-order valence-corrected chi connectivity index (χ4v) is 1.76. The van der Waals surface area contributed by atoms with E-state index in [2.05, 4.69) is 11.2 Å². The molecule has 3 N–H and O–H groups in total. The Morgan fingerprint density at radius 1 is 1.59 bits per heavy atom. The van der Waals surface area contributed by atoms with Crippen LogP contribution in [0.3, 0.4) is 0 Å². The van der Waals surface area contributed by atoms with Crippen LogP contribution in [0.25, 0.3) is 0 Å². The molecule has 0 saturated carbocycles. The summed E-state index contributed by atoms with van der Waals surface area (Å²) in [5.41, 5.74) is 7.96. The monoisotopic (exact) mass is 248 g/mol. The molecule has 0 radical (unpaired) electrons. The fourth-order valence-electron chi connectivity index (χ4n) is 1.25. The van der Waals surface area contributed by atoms with E-state index in [0.717, 1.165) is 11.3 Å². The summed E-state index contributed by atoms with van der Waals surface area (Å²) in [4.78, 5) is 11.7. The summed E-state index contributed by atoms with van der Waals surface area (Å²) >= 11 is 1.62. The molecule has 0 bridgehead atoms. The lowest BCUT2D eigenvalue weighted by molar-refractivity contribution is 0.0956. The highest BCUT2D eigenvalue weighted by atomic mass is 32.2. The number of terminal acetylenes is 1. The van der Waals surface area contributed by atoms with Crippen LogP contribution in [0, 0.1) is 19.3 Å². The Labute approximate surface area is 106 Å². The lowest BCUT2D eigenvalue weighted by Gasteiger charge is -2.06. The normalized spacial score (nSPS) is 9.65. The van der Waals surface area contributed by atoms with Gasteiger partial charge in [-0.05, 0) is 24.6 Å². The van der Waals surface area contributed by atoms with Gasteiger partial charge in [-0.3, -0.25) is 4.79 Å². The van der Waals surface area contributed by atoms with Gasteiger partial charge in [0.25, 0.3) is 5.91 Å². The Bertz CT molecular complexity index is 438. The van der Waals surface area contributed by atoms with Crippen LogP contribution in [0.2, 0.25) is 0 Å². The highest BCUT2D eigenvalue weighted by Crippen LogP contribution is 2.12. The number of nitrogens with two attached hydrogens (primary N) is 1. The van der Waals surface area contributed by atoms with Crippen LogP contribution in [0.15, 0.2) is 18.2 Å². The minimum atomic E-state index is -0.0991. The van der Waals surface area contributed by atoms with Crippen LogP contribution >= 0.6 is 11.8 Å². The Morgan fingerprint density at radius 2 is 2.35 bits per heavy atom. The van der Waals surface area contributed by atoms with Gasteiger partial charge in [-0.2, -0.15) is 0 Å². The highest BCUT2D eigenvalue weighted by Gasteiger charge is 2.05. The third kappa shape index (κ3) is 4.41. The number of carbonyl (C=O) groups excluding carboxylic acids is 1. The van der Waals surface area contributed by atoms with Gasteiger partial charge in [0.05, 0.1) is 5.75 Å². The zero-order valence-electron chi connectivity index (χ0n) is 9.82. The van der Waals surface area contributed by atoms with Crippen molar-refractivity contribution in [3.05, 3.63) is 29.3 Å². The molecule has 1 rings (SSSR count). The smallest absolute Gasteiger partial charge is 0.251 e. The van der Waals surface area contributed by atoms with Gasteiger partial charge in [0.1, 0.15) is 0 Å². The number of hydrogen-bond donors (Lipinski definition) is 2. The van der Waals surface area contributed by atoms with E-state index in [1.54, 1.807) is 23.9 Å². The molecule has 0 aliphatic rings. The first-order valence-corrected chi connectivity index (χ1v) is 6.46. The molecule has 0 aromatic heterocycles. The van der Waals surface area contributed by atoms with Crippen molar-refractivity contribution in [2.75, 3.05) is 23.8 Å². The van der Waals surface area contributed by atoms with Gasteiger partial charge in [0, 0.05) is 23.5 Å². The molecule has 3 nitrogen and oxygen atoms in total. The van der Waals surface area contributed by atoms with E-state index < -0.39 is 0 Å². The van der Waals surface area contributed by atoms with Crippen LogP contribution < -0.4 is 11.1 Å². The number of aryl methyl sites for hydroxylation is 1. The second-order valence-electron chi connectivity index (χ2n) is 3.58. The molecule has 90 valence electrons. The summed E-state index contributed by atoms with van der Waals surface area (Å²) in [6.07, 6.45) is 5.12. The second kappa shape index (κ2) is 6.87. The first-order valence-electron chi connectivity index (χ1n) is 5.30. The fraction of sp³-hybridized carbons (Fsp3) is 0.308. The predicted molar refractivity (Wildman–Crippen MR) is 74.1 cm³/mol. The molecule has 0 aliphatic carbocycles. The Balaban J connectivity index is 2.42. The van der Waals surface area contributed by atoms with E-state index >= 15 is 0 Å². The average Bonchev–Trinajstić information content (AvgIpc) is 2.32. The van der Waals surface area contributed by atoms with Gasteiger partial charge in [-0.25, -0.2) is 0 Å². The van der Waals surface area contributed by atoms with E-state index in [1.807, 2.05) is 13.0 Å². The number of anilines is 1. The lowest BCUT2D eigenvalue weighted by atomic mass is 10.1. The lowest BCUT2D eigenvalue weighted by Crippen LogP contribution is -2.25. The van der Waals surface area contributed by atoms with E-state index in [9.17, 15) is 4.79 Å². The van der Waals surface area contributed by atoms with Crippen LogP contribution in [0.1, 0.15) is 15.9 Å². The molecule has 0 aliphatic heterocycles. The molecule has 0 atom stereocenters. The summed E-state index contributed by atoms with van der Waals surface area (Å²) in [7, 11) is 0. The van der Waals surface area contributed by atoms with Crippen molar-refractivity contribution < 1.29 is 4.79 Å². The summed E-state index contributed by atoms with van der Waals surface area (Å²) in [5.74, 6) is 3.93. The molecule has 0 spiro atoms. The number of rotatable bonds is 5. The topological polar surface area (TPSA) is 55.1 Å². The van der Waals surface area contributed by atoms with E-state index in [1.165, 1.54) is 0 Å². The largest absolute Gasteiger partial charge is 0.398 e. The summed E-state index contributed by atoms with van der Waals surface area (Å²) in [6.45, 7) is 2.52. The maximum atomic E-state index is 11.7. The Hall–Kier alpha value is -1.60. The van der Waals surface area contributed by atoms with Crippen molar-refractivity contribution in [1.82, 2.24) is 5.32 Å². The molecule has 17 heavy (non-hydrogen) atoms. The minimum absolute atomic E-state index is 0.0991. The van der Waals surface area contributed by atoms with E-state index in [4.69, 9.17) is 12.2 Å². The zero-order valence-corrected chi connectivity index (χ0v) is 10.6. The van der Waals surface area contributed by atoms with Crippen molar-refractivity contribution in [2.24, 2.45) is 0 Å². The SMILES string of the molecule is C#CCSCCNC(=O)c1ccc(C)c(N)c1. The Kier molecular flexibility index (Phi) is 5.44. The molecule has 0 fully saturated rings. The van der Waals surface area contributed by atoms with Crippen molar-refractivity contribution >= 4 is 23.4 Å². The van der Waals surface area contributed by atoms with Crippen molar-refractivity contribution in [1.29, 1.82) is 0 Å². The third-order valence-electron chi connectivity index (χ3n) is 2.26. The zero-order chi connectivity index (χ0) is 12.7. The van der Waals surface area contributed by atoms with Gasteiger partial charge in [0.2, 0.25) is 0 Å². The van der Waals surface area contributed by atoms with Crippen LogP contribution in [-0.2, 0) is 0 Å². The molecule has 1 aromatic carbocycles. The molecular weight excluding hydrogens is 232 g/mol. The summed E-state index contributed by atoms with van der Waals surface area (Å²) < 4.78 is 0. The molecule has 0 saturated heterocycles. The highest BCUT2D eigenvalue weighted by molar-refractivity contribution is 7.99. The number of benzene rings is 1. The van der Waals surface area contributed by atoms with Crippen LogP contribution in [0.4, 0.5) is 5.69 Å². The maximum absolute atomic E-state index is 11.7. The summed E-state index contributed by atoms with van der Waals surface area (Å²) in [5, 5.41) is 2.82. The molecule has 0 heterocycles. The number of thioether (sulfide) groups is 1. The number of nitrogens with one attached hydrogen (secondary N) is 1. The number of carbonyl (C=O) groups is 1. The minimum Gasteiger partial charge on any atom is -0.398 e. The first kappa shape index (κ1) is 13.5. The number of hydrogen-bond acceptors (Lipinski definition) is 3. The van der Waals surface area contributed by atoms with Gasteiger partial charge >= 0.3 is 0 Å². The average molecular weight is 248 g/mol. The molecule has 1 amide bonds. The first-order chi connectivity index (χ1) is 8.15. The van der Waals surface area contributed by atoms with Crippen molar-refractivity contribution in [3.63, 3.8) is 0 Å². The Morgan fingerprint density at radius 3 is 3.00 bits per heavy atom. The van der Waals surface area contributed by atoms with Crippen LogP contribution in [-0.4, -0.2) is 24.0 Å². The molecular formula is C13H16N2OS. The van der Waals surface area contributed by atoms with E-state index in [-0.39, 0.29) is 5.91 Å². The molecule has 1 aromatic rings. The maximum Gasteiger partial charge on any atom is 0.251 e. The van der Waals surface area contributed by atoms with Crippen molar-refractivity contribution in [3.8, 4) is 12.3 Å². The predicted octanol–water partition coefficient (Wildman–Crippen LogP) is 1.67. The van der Waals surface area contributed by atoms with Crippen LogP contribution in [0.5, 0.6) is 0 Å². The summed E-state index contributed by atoms with van der Waals surface area (Å²) in [6, 6.07) is 5.31. The van der Waals surface area contributed by atoms with Gasteiger partial charge in [0.15, 0.2) is 0 Å². The quantitative estimate of drug-likeness (QED) is 0.473. The molecule has 4 heteroatoms. The number of nitrogen functional groups attached to an aromatic ring is 1. The van der Waals surface area contributed by atoms with Gasteiger partial charge in [-0.15, -0.1) is 18.2 Å². The third-order valence-corrected chi connectivity index (χ3v) is 3.12. The van der Waals surface area contributed by atoms with Crippen molar-refractivity contribution in [2.45, 2.75) is 6.92 Å². The van der Waals surface area contributed by atoms with E-state index in [0.29, 0.717) is 23.5 Å². The van der Waals surface area contributed by atoms with Gasteiger partial charge < -0.3 is 11.1 Å². The number of amides is 1. The van der Waals surface area contributed by atoms with Gasteiger partial charge in [-0.1, -0.05) is 12.0 Å². The second-order valence-corrected chi connectivity index (χ2v) is 4.69. The molecule has 0 unspecified atom stereocenters.